The maximum absolute atomic E-state index is 13.1. The summed E-state index contributed by atoms with van der Waals surface area (Å²) >= 11 is 3.12. The van der Waals surface area contributed by atoms with Gasteiger partial charge in [-0.25, -0.2) is 8.78 Å². The lowest BCUT2D eigenvalue weighted by molar-refractivity contribution is -0.116. The highest BCUT2D eigenvalue weighted by Gasteiger charge is 2.13. The minimum Gasteiger partial charge on any atom is -0.299 e. The number of ketones is 1. The van der Waals surface area contributed by atoms with Gasteiger partial charge < -0.3 is 0 Å². The molecule has 1 aromatic rings. The van der Waals surface area contributed by atoms with E-state index < -0.39 is 16.5 Å². The molecule has 0 aromatic heterocycles. The van der Waals surface area contributed by atoms with Gasteiger partial charge in [0.2, 0.25) is 0 Å². The van der Waals surface area contributed by atoms with Crippen LogP contribution in [0.1, 0.15) is 12.5 Å². The topological polar surface area (TPSA) is 17.1 Å². The molecule has 76 valence electrons. The first-order chi connectivity index (χ1) is 6.50. The first kappa shape index (κ1) is 11.3. The van der Waals surface area contributed by atoms with Gasteiger partial charge in [-0.1, -0.05) is 22.0 Å². The predicted molar refractivity (Wildman–Crippen MR) is 53.5 cm³/mol. The second-order valence-corrected chi connectivity index (χ2v) is 4.12. The van der Waals surface area contributed by atoms with Crippen LogP contribution in [0.2, 0.25) is 0 Å². The molecule has 1 nitrogen and oxygen atoms in total. The van der Waals surface area contributed by atoms with Crippen LogP contribution < -0.4 is 0 Å². The Hall–Kier alpha value is -0.770. The summed E-state index contributed by atoms with van der Waals surface area (Å²) in [6.07, 6.45) is 0.238. The second kappa shape index (κ2) is 4.64. The molecule has 0 amide bonds. The van der Waals surface area contributed by atoms with Gasteiger partial charge in [-0.05, 0) is 25.0 Å². The van der Waals surface area contributed by atoms with Gasteiger partial charge in [0, 0.05) is 6.07 Å². The summed E-state index contributed by atoms with van der Waals surface area (Å²) in [7, 11) is 0. The van der Waals surface area contributed by atoms with E-state index in [9.17, 15) is 13.6 Å². The average molecular weight is 263 g/mol. The van der Waals surface area contributed by atoms with Gasteiger partial charge in [-0.3, -0.25) is 4.79 Å². The Morgan fingerprint density at radius 1 is 1.50 bits per heavy atom. The summed E-state index contributed by atoms with van der Waals surface area (Å²) in [6, 6.07) is 3.34. The van der Waals surface area contributed by atoms with Gasteiger partial charge in [0.25, 0.3) is 0 Å². The molecule has 1 atom stereocenters. The second-order valence-electron chi connectivity index (χ2n) is 3.02. The van der Waals surface area contributed by atoms with Gasteiger partial charge in [-0.15, -0.1) is 0 Å². The molecule has 0 spiro atoms. The quantitative estimate of drug-likeness (QED) is 0.766. The van der Waals surface area contributed by atoms with Crippen molar-refractivity contribution in [1.29, 1.82) is 0 Å². The molecule has 14 heavy (non-hydrogen) atoms. The van der Waals surface area contributed by atoms with Crippen molar-refractivity contribution < 1.29 is 13.6 Å². The zero-order valence-corrected chi connectivity index (χ0v) is 9.14. The number of hydrogen-bond donors (Lipinski definition) is 0. The lowest BCUT2D eigenvalue weighted by Gasteiger charge is -2.06. The van der Waals surface area contributed by atoms with E-state index in [1.165, 1.54) is 19.1 Å². The Kier molecular flexibility index (Phi) is 3.75. The van der Waals surface area contributed by atoms with Crippen molar-refractivity contribution in [3.63, 3.8) is 0 Å². The van der Waals surface area contributed by atoms with Crippen LogP contribution in [0.3, 0.4) is 0 Å². The summed E-state index contributed by atoms with van der Waals surface area (Å²) in [6.45, 7) is 1.42. The molecule has 4 heteroatoms. The van der Waals surface area contributed by atoms with Crippen molar-refractivity contribution in [3.05, 3.63) is 35.4 Å². The maximum Gasteiger partial charge on any atom is 0.143 e. The van der Waals surface area contributed by atoms with E-state index in [4.69, 9.17) is 0 Å². The Morgan fingerprint density at radius 2 is 2.14 bits per heavy atom. The Bertz CT molecular complexity index is 352. The number of halogens is 3. The summed E-state index contributed by atoms with van der Waals surface area (Å²) < 4.78 is 25.6. The number of carbonyl (C=O) groups excluding carboxylic acids is 1. The van der Waals surface area contributed by atoms with E-state index in [0.29, 0.717) is 5.56 Å². The number of carbonyl (C=O) groups is 1. The van der Waals surface area contributed by atoms with Crippen LogP contribution in [-0.4, -0.2) is 10.6 Å². The molecule has 0 saturated heterocycles. The number of Topliss-reactive ketones (excluding diaryl/α,β-unsaturated/α-hetero) is 1. The van der Waals surface area contributed by atoms with Crippen molar-refractivity contribution in [3.8, 4) is 0 Å². The summed E-state index contributed by atoms with van der Waals surface area (Å²) in [4.78, 5) is 10.5. The number of alkyl halides is 1. The smallest absolute Gasteiger partial charge is 0.143 e. The SMILES string of the molecule is CC(=O)C(Br)Cc1ccc(F)cc1F. The van der Waals surface area contributed by atoms with Crippen LogP contribution in [0.15, 0.2) is 18.2 Å². The first-order valence-electron chi connectivity index (χ1n) is 4.09. The third kappa shape index (κ3) is 2.87. The molecule has 0 N–H and O–H groups in total. The summed E-state index contributed by atoms with van der Waals surface area (Å²) in [5, 5.41) is 0. The molecule has 1 unspecified atom stereocenters. The molecule has 0 saturated carbocycles. The molecule has 0 aliphatic carbocycles. The van der Waals surface area contributed by atoms with Crippen LogP contribution in [-0.2, 0) is 11.2 Å². The van der Waals surface area contributed by atoms with E-state index in [2.05, 4.69) is 15.9 Å². The third-order valence-corrected chi connectivity index (χ3v) is 2.82. The van der Waals surface area contributed by atoms with E-state index in [1.807, 2.05) is 0 Å². The highest BCUT2D eigenvalue weighted by Crippen LogP contribution is 2.15. The van der Waals surface area contributed by atoms with Crippen LogP contribution in [0.25, 0.3) is 0 Å². The van der Waals surface area contributed by atoms with E-state index in [-0.39, 0.29) is 12.2 Å². The molecule has 1 aromatic carbocycles. The summed E-state index contributed by atoms with van der Waals surface area (Å²) in [5.74, 6) is -1.30. The van der Waals surface area contributed by atoms with Gasteiger partial charge in [0.1, 0.15) is 17.4 Å². The standard InChI is InChI=1S/C10H9BrF2O/c1-6(14)9(11)4-7-2-3-8(12)5-10(7)13/h2-3,5,9H,4H2,1H3. The zero-order valence-electron chi connectivity index (χ0n) is 7.56. The minimum absolute atomic E-state index is 0.0753. The van der Waals surface area contributed by atoms with Crippen molar-refractivity contribution >= 4 is 21.7 Å². The molecule has 0 radical (unpaired) electrons. The fraction of sp³-hybridized carbons (Fsp3) is 0.300. The first-order valence-corrected chi connectivity index (χ1v) is 5.00. The van der Waals surface area contributed by atoms with E-state index in [0.717, 1.165) is 6.07 Å². The van der Waals surface area contributed by atoms with E-state index in [1.54, 1.807) is 0 Å². The Balaban J connectivity index is 2.82. The lowest BCUT2D eigenvalue weighted by Crippen LogP contribution is -2.13. The van der Waals surface area contributed by atoms with Gasteiger partial charge in [0.15, 0.2) is 0 Å². The highest BCUT2D eigenvalue weighted by molar-refractivity contribution is 9.10. The van der Waals surface area contributed by atoms with Crippen LogP contribution in [0.4, 0.5) is 8.78 Å². The fourth-order valence-electron chi connectivity index (χ4n) is 1.02. The lowest BCUT2D eigenvalue weighted by atomic mass is 10.1. The number of rotatable bonds is 3. The molecular weight excluding hydrogens is 254 g/mol. The molecule has 0 fully saturated rings. The van der Waals surface area contributed by atoms with Gasteiger partial charge in [-0.2, -0.15) is 0 Å². The predicted octanol–water partition coefficient (Wildman–Crippen LogP) is 2.86. The van der Waals surface area contributed by atoms with Crippen molar-refractivity contribution in [1.82, 2.24) is 0 Å². The normalized spacial score (nSPS) is 12.6. The molecule has 0 heterocycles. The van der Waals surface area contributed by atoms with Crippen molar-refractivity contribution in [2.24, 2.45) is 0 Å². The highest BCUT2D eigenvalue weighted by atomic mass is 79.9. The van der Waals surface area contributed by atoms with Crippen LogP contribution >= 0.6 is 15.9 Å². The minimum atomic E-state index is -0.615. The molecule has 0 aliphatic rings. The molecule has 0 aliphatic heterocycles. The average Bonchev–Trinajstić information content (AvgIpc) is 2.09. The molecule has 1 rings (SSSR count). The molecule has 0 bridgehead atoms. The zero-order chi connectivity index (χ0) is 10.7. The number of hydrogen-bond acceptors (Lipinski definition) is 1. The van der Waals surface area contributed by atoms with Crippen molar-refractivity contribution in [2.45, 2.75) is 18.2 Å². The summed E-state index contributed by atoms with van der Waals surface area (Å²) in [5.41, 5.74) is 0.337. The Labute approximate surface area is 89.3 Å². The van der Waals surface area contributed by atoms with Crippen LogP contribution in [0.5, 0.6) is 0 Å². The van der Waals surface area contributed by atoms with Gasteiger partial charge in [0.05, 0.1) is 4.83 Å². The van der Waals surface area contributed by atoms with Crippen molar-refractivity contribution in [2.75, 3.05) is 0 Å². The van der Waals surface area contributed by atoms with Gasteiger partial charge >= 0.3 is 0 Å². The maximum atomic E-state index is 13.1. The number of benzene rings is 1. The van der Waals surface area contributed by atoms with Crippen LogP contribution in [0, 0.1) is 11.6 Å². The monoisotopic (exact) mass is 262 g/mol. The fourth-order valence-corrected chi connectivity index (χ4v) is 1.37. The molecular formula is C10H9BrF2O. The third-order valence-electron chi connectivity index (χ3n) is 1.86. The Morgan fingerprint density at radius 3 is 2.64 bits per heavy atom. The van der Waals surface area contributed by atoms with E-state index >= 15 is 0 Å². The largest absolute Gasteiger partial charge is 0.299 e.